The van der Waals surface area contributed by atoms with Crippen LogP contribution in [-0.2, 0) is 33.9 Å². The van der Waals surface area contributed by atoms with Gasteiger partial charge in [0.15, 0.2) is 0 Å². The zero-order valence-electron chi connectivity index (χ0n) is 16.0. The lowest BCUT2D eigenvalue weighted by Crippen LogP contribution is -2.25. The molecule has 0 aliphatic carbocycles. The summed E-state index contributed by atoms with van der Waals surface area (Å²) in [6, 6.07) is 12.5. The third-order valence-corrected chi connectivity index (χ3v) is 3.97. The number of ether oxygens (including phenoxy) is 3. The minimum absolute atomic E-state index is 0.0966. The van der Waals surface area contributed by atoms with Crippen LogP contribution in [0.5, 0.6) is 5.75 Å². The molecule has 152 valence electrons. The van der Waals surface area contributed by atoms with Crippen LogP contribution in [-0.4, -0.2) is 18.2 Å². The molecule has 2 aromatic rings. The molecule has 0 amide bonds. The van der Waals surface area contributed by atoms with Crippen LogP contribution in [0.15, 0.2) is 46.9 Å². The van der Waals surface area contributed by atoms with E-state index < -0.39 is 12.2 Å². The first-order valence-corrected chi connectivity index (χ1v) is 9.52. The van der Waals surface area contributed by atoms with Gasteiger partial charge < -0.3 is 14.2 Å². The van der Waals surface area contributed by atoms with E-state index in [4.69, 9.17) is 9.47 Å². The van der Waals surface area contributed by atoms with Gasteiger partial charge in [-0.2, -0.15) is 8.78 Å². The Morgan fingerprint density at radius 3 is 2.36 bits per heavy atom. The number of hydrogen-bond donors (Lipinski definition) is 0. The Hall–Kier alpha value is -1.99. The predicted octanol–water partition coefficient (Wildman–Crippen LogP) is 5.65. The van der Waals surface area contributed by atoms with Crippen LogP contribution in [0.2, 0.25) is 0 Å². The van der Waals surface area contributed by atoms with Crippen LogP contribution in [0.4, 0.5) is 8.78 Å². The van der Waals surface area contributed by atoms with Gasteiger partial charge in [-0.25, -0.2) is 0 Å². The highest BCUT2D eigenvalue weighted by molar-refractivity contribution is 9.10. The molecule has 0 aliphatic heterocycles. The summed E-state index contributed by atoms with van der Waals surface area (Å²) in [6.07, 6.45) is 0.0966. The van der Waals surface area contributed by atoms with Gasteiger partial charge in [-0.1, -0.05) is 40.2 Å². The van der Waals surface area contributed by atoms with Crippen molar-refractivity contribution in [2.24, 2.45) is 0 Å². The van der Waals surface area contributed by atoms with Gasteiger partial charge in [-0.15, -0.1) is 0 Å². The summed E-state index contributed by atoms with van der Waals surface area (Å²) in [6.45, 7) is 2.64. The number of carbonyl (C=O) groups excluding carboxylic acids is 1. The lowest BCUT2D eigenvalue weighted by Gasteiger charge is -2.20. The summed E-state index contributed by atoms with van der Waals surface area (Å²) in [5, 5.41) is 0. The second-order valence-electron chi connectivity index (χ2n) is 7.20. The van der Waals surface area contributed by atoms with Crippen molar-refractivity contribution < 1.29 is 27.8 Å². The lowest BCUT2D eigenvalue weighted by molar-refractivity contribution is -0.154. The molecular formula is C21H23BrF2O4. The molecule has 0 atom stereocenters. The summed E-state index contributed by atoms with van der Waals surface area (Å²) in [5.41, 5.74) is 1.55. The highest BCUT2D eigenvalue weighted by Gasteiger charge is 2.18. The number of halogens is 3. The number of rotatable bonds is 8. The number of carbonyl (C=O) groups is 1. The smallest absolute Gasteiger partial charge is 0.345 e. The van der Waals surface area contributed by atoms with E-state index in [0.717, 1.165) is 10.0 Å². The minimum atomic E-state index is -2.82. The predicted molar refractivity (Wildman–Crippen MR) is 105 cm³/mol. The number of hydrogen-bond acceptors (Lipinski definition) is 4. The quantitative estimate of drug-likeness (QED) is 0.481. The molecule has 0 saturated heterocycles. The van der Waals surface area contributed by atoms with Crippen molar-refractivity contribution >= 4 is 21.9 Å². The molecule has 0 unspecified atom stereocenters. The first-order valence-electron chi connectivity index (χ1n) is 8.73. The van der Waals surface area contributed by atoms with Gasteiger partial charge in [-0.05, 0) is 50.1 Å². The van der Waals surface area contributed by atoms with Gasteiger partial charge in [0.2, 0.25) is 0 Å². The van der Waals surface area contributed by atoms with Gasteiger partial charge in [0.25, 0.3) is 0 Å². The van der Waals surface area contributed by atoms with E-state index in [2.05, 4.69) is 20.7 Å². The molecular weight excluding hydrogens is 434 g/mol. The summed E-state index contributed by atoms with van der Waals surface area (Å²) in [5.74, 6) is 0.233. The molecule has 0 spiro atoms. The molecule has 2 rings (SSSR count). The van der Waals surface area contributed by atoms with Crippen LogP contribution < -0.4 is 4.74 Å². The third-order valence-electron chi connectivity index (χ3n) is 3.52. The Bertz CT molecular complexity index is 803. The van der Waals surface area contributed by atoms with Crippen molar-refractivity contribution in [3.8, 4) is 5.75 Å². The molecule has 28 heavy (non-hydrogen) atoms. The SMILES string of the molecule is CC(C)(C)OC(=O)Cc1ccccc1OCc1cc(Br)cc(COC(F)F)c1. The molecule has 0 radical (unpaired) electrons. The fourth-order valence-corrected chi connectivity index (χ4v) is 3.12. The van der Waals surface area contributed by atoms with Gasteiger partial charge >= 0.3 is 12.6 Å². The van der Waals surface area contributed by atoms with Crippen LogP contribution >= 0.6 is 15.9 Å². The molecule has 7 heteroatoms. The summed E-state index contributed by atoms with van der Waals surface area (Å²) < 4.78 is 40.8. The largest absolute Gasteiger partial charge is 0.489 e. The Kier molecular flexibility index (Phi) is 7.95. The Labute approximate surface area is 171 Å². The van der Waals surface area contributed by atoms with E-state index in [0.29, 0.717) is 16.9 Å². The van der Waals surface area contributed by atoms with Gasteiger partial charge in [0.1, 0.15) is 18.0 Å². The summed E-state index contributed by atoms with van der Waals surface area (Å²) in [7, 11) is 0. The zero-order chi connectivity index (χ0) is 20.7. The van der Waals surface area contributed by atoms with Crippen LogP contribution in [0.25, 0.3) is 0 Å². The molecule has 0 heterocycles. The molecule has 4 nitrogen and oxygen atoms in total. The third kappa shape index (κ3) is 7.94. The van der Waals surface area contributed by atoms with Crippen molar-refractivity contribution in [2.75, 3.05) is 0 Å². The van der Waals surface area contributed by atoms with Crippen molar-refractivity contribution in [2.45, 2.75) is 52.6 Å². The van der Waals surface area contributed by atoms with Crippen molar-refractivity contribution in [3.63, 3.8) is 0 Å². The van der Waals surface area contributed by atoms with E-state index in [1.54, 1.807) is 18.2 Å². The van der Waals surface area contributed by atoms with E-state index in [1.165, 1.54) is 0 Å². The van der Waals surface area contributed by atoms with E-state index in [1.807, 2.05) is 45.0 Å². The van der Waals surface area contributed by atoms with Crippen LogP contribution in [0.3, 0.4) is 0 Å². The zero-order valence-corrected chi connectivity index (χ0v) is 17.6. The fourth-order valence-electron chi connectivity index (χ4n) is 2.53. The molecule has 0 aromatic heterocycles. The van der Waals surface area contributed by atoms with E-state index >= 15 is 0 Å². The first kappa shape index (κ1) is 22.3. The second kappa shape index (κ2) is 9.98. The molecule has 2 aromatic carbocycles. The maximum Gasteiger partial charge on any atom is 0.345 e. The summed E-state index contributed by atoms with van der Waals surface area (Å²) in [4.78, 5) is 12.1. The average molecular weight is 457 g/mol. The highest BCUT2D eigenvalue weighted by Crippen LogP contribution is 2.23. The first-order chi connectivity index (χ1) is 13.1. The number of alkyl halides is 2. The normalized spacial score (nSPS) is 11.5. The van der Waals surface area contributed by atoms with E-state index in [-0.39, 0.29) is 25.6 Å². The fraction of sp³-hybridized carbons (Fsp3) is 0.381. The van der Waals surface area contributed by atoms with Gasteiger partial charge in [-0.3, -0.25) is 4.79 Å². The van der Waals surface area contributed by atoms with Crippen LogP contribution in [0, 0.1) is 0 Å². The standard InChI is InChI=1S/C21H23BrF2O4/c1-21(2,3)28-19(25)11-16-6-4-5-7-18(16)26-12-14-8-15(10-17(22)9-14)13-27-20(23)24/h4-10,20H,11-13H2,1-3H3. The van der Waals surface area contributed by atoms with Crippen molar-refractivity contribution in [1.29, 1.82) is 0 Å². The number of benzene rings is 2. The average Bonchev–Trinajstić information content (AvgIpc) is 2.57. The topological polar surface area (TPSA) is 44.8 Å². The maximum atomic E-state index is 12.2. The van der Waals surface area contributed by atoms with Gasteiger partial charge in [0.05, 0.1) is 13.0 Å². The van der Waals surface area contributed by atoms with E-state index in [9.17, 15) is 13.6 Å². The summed E-state index contributed by atoms with van der Waals surface area (Å²) >= 11 is 3.36. The molecule has 0 N–H and O–H groups in total. The maximum absolute atomic E-state index is 12.2. The molecule has 0 saturated carbocycles. The molecule has 0 bridgehead atoms. The highest BCUT2D eigenvalue weighted by atomic mass is 79.9. The Morgan fingerprint density at radius 2 is 1.71 bits per heavy atom. The minimum Gasteiger partial charge on any atom is -0.489 e. The lowest BCUT2D eigenvalue weighted by atomic mass is 10.1. The van der Waals surface area contributed by atoms with Crippen molar-refractivity contribution in [1.82, 2.24) is 0 Å². The Balaban J connectivity index is 2.06. The monoisotopic (exact) mass is 456 g/mol. The van der Waals surface area contributed by atoms with Crippen LogP contribution in [0.1, 0.15) is 37.5 Å². The second-order valence-corrected chi connectivity index (χ2v) is 8.11. The Morgan fingerprint density at radius 1 is 1.07 bits per heavy atom. The molecule has 0 aliphatic rings. The van der Waals surface area contributed by atoms with Gasteiger partial charge in [0, 0.05) is 10.0 Å². The van der Waals surface area contributed by atoms with Crippen molar-refractivity contribution in [3.05, 3.63) is 63.6 Å². The number of esters is 1. The molecule has 0 fully saturated rings. The number of para-hydroxylation sites is 1.